The lowest BCUT2D eigenvalue weighted by molar-refractivity contribution is 0.277. The van der Waals surface area contributed by atoms with E-state index in [1.807, 2.05) is 18.2 Å². The van der Waals surface area contributed by atoms with Gasteiger partial charge < -0.3 is 14.8 Å². The van der Waals surface area contributed by atoms with E-state index < -0.39 is 0 Å². The minimum Gasteiger partial charge on any atom is -0.497 e. The predicted molar refractivity (Wildman–Crippen MR) is 79.7 cm³/mol. The average molecular weight is 323 g/mol. The van der Waals surface area contributed by atoms with Crippen LogP contribution in [0.2, 0.25) is 5.15 Å². The molecular formula is C13H11ClN4O2S. The SMILES string of the molecule is COc1ccc2nc(Sc3ncnc(Cl)c3CO)[nH]c2c1. The summed E-state index contributed by atoms with van der Waals surface area (Å²) in [6.45, 7) is -0.226. The molecule has 0 saturated heterocycles. The van der Waals surface area contributed by atoms with Crippen molar-refractivity contribution in [1.29, 1.82) is 0 Å². The summed E-state index contributed by atoms with van der Waals surface area (Å²) in [5.74, 6) is 0.754. The van der Waals surface area contributed by atoms with Crippen LogP contribution in [0.4, 0.5) is 0 Å². The Balaban J connectivity index is 1.97. The summed E-state index contributed by atoms with van der Waals surface area (Å²) in [5, 5.41) is 10.8. The van der Waals surface area contributed by atoms with E-state index in [4.69, 9.17) is 16.3 Å². The van der Waals surface area contributed by atoms with E-state index in [1.54, 1.807) is 7.11 Å². The third kappa shape index (κ3) is 2.80. The Morgan fingerprint density at radius 2 is 2.24 bits per heavy atom. The number of aromatic nitrogens is 4. The normalized spacial score (nSPS) is 11.0. The van der Waals surface area contributed by atoms with Gasteiger partial charge in [-0.25, -0.2) is 15.0 Å². The smallest absolute Gasteiger partial charge is 0.172 e. The Kier molecular flexibility index (Phi) is 3.96. The van der Waals surface area contributed by atoms with E-state index in [9.17, 15) is 5.11 Å². The van der Waals surface area contributed by atoms with Crippen LogP contribution in [0.5, 0.6) is 5.75 Å². The van der Waals surface area contributed by atoms with Crippen molar-refractivity contribution < 1.29 is 9.84 Å². The van der Waals surface area contributed by atoms with Crippen LogP contribution in [0, 0.1) is 0 Å². The van der Waals surface area contributed by atoms with Crippen molar-refractivity contribution in [2.45, 2.75) is 16.8 Å². The molecule has 2 heterocycles. The molecule has 2 aromatic heterocycles. The Bertz CT molecular complexity index is 793. The minimum absolute atomic E-state index is 0.226. The van der Waals surface area contributed by atoms with Crippen molar-refractivity contribution in [3.8, 4) is 5.75 Å². The number of hydrogen-bond donors (Lipinski definition) is 2. The molecule has 0 radical (unpaired) electrons. The highest BCUT2D eigenvalue weighted by Crippen LogP contribution is 2.31. The largest absolute Gasteiger partial charge is 0.497 e. The van der Waals surface area contributed by atoms with Crippen molar-refractivity contribution in [1.82, 2.24) is 19.9 Å². The van der Waals surface area contributed by atoms with Gasteiger partial charge in [0.15, 0.2) is 5.16 Å². The molecule has 0 amide bonds. The van der Waals surface area contributed by atoms with Gasteiger partial charge in [-0.1, -0.05) is 11.6 Å². The maximum atomic E-state index is 9.36. The lowest BCUT2D eigenvalue weighted by Gasteiger charge is -2.04. The maximum Gasteiger partial charge on any atom is 0.172 e. The minimum atomic E-state index is -0.226. The Morgan fingerprint density at radius 1 is 1.38 bits per heavy atom. The van der Waals surface area contributed by atoms with Gasteiger partial charge >= 0.3 is 0 Å². The number of aliphatic hydroxyl groups is 1. The number of fused-ring (bicyclic) bond motifs is 1. The summed E-state index contributed by atoms with van der Waals surface area (Å²) in [6.07, 6.45) is 1.36. The number of H-pyrrole nitrogens is 1. The average Bonchev–Trinajstić information content (AvgIpc) is 2.88. The van der Waals surface area contributed by atoms with Gasteiger partial charge in [-0.2, -0.15) is 0 Å². The molecule has 108 valence electrons. The number of hydrogen-bond acceptors (Lipinski definition) is 6. The predicted octanol–water partition coefficient (Wildman–Crippen LogP) is 2.66. The highest BCUT2D eigenvalue weighted by Gasteiger charge is 2.13. The number of methoxy groups -OCH3 is 1. The van der Waals surface area contributed by atoms with Crippen LogP contribution in [-0.2, 0) is 6.61 Å². The molecule has 0 atom stereocenters. The maximum absolute atomic E-state index is 9.36. The van der Waals surface area contributed by atoms with Crippen LogP contribution < -0.4 is 4.74 Å². The van der Waals surface area contributed by atoms with Crippen molar-refractivity contribution >= 4 is 34.4 Å². The van der Waals surface area contributed by atoms with Crippen molar-refractivity contribution in [3.05, 3.63) is 35.2 Å². The lowest BCUT2D eigenvalue weighted by atomic mass is 10.3. The van der Waals surface area contributed by atoms with Gasteiger partial charge in [-0.3, -0.25) is 0 Å². The molecule has 3 rings (SSSR count). The molecule has 2 N–H and O–H groups in total. The topological polar surface area (TPSA) is 83.9 Å². The van der Waals surface area contributed by atoms with Gasteiger partial charge in [0.2, 0.25) is 0 Å². The first-order valence-corrected chi connectivity index (χ1v) is 7.22. The number of nitrogens with zero attached hydrogens (tertiary/aromatic N) is 3. The quantitative estimate of drug-likeness (QED) is 0.718. The molecule has 0 saturated carbocycles. The van der Waals surface area contributed by atoms with E-state index in [1.165, 1.54) is 18.1 Å². The second-order valence-corrected chi connectivity index (χ2v) is 5.47. The molecule has 6 nitrogen and oxygen atoms in total. The highest BCUT2D eigenvalue weighted by atomic mass is 35.5. The van der Waals surface area contributed by atoms with Gasteiger partial charge in [0.25, 0.3) is 0 Å². The molecule has 0 bridgehead atoms. The van der Waals surface area contributed by atoms with Crippen LogP contribution >= 0.6 is 23.4 Å². The fraction of sp³-hybridized carbons (Fsp3) is 0.154. The third-order valence-electron chi connectivity index (χ3n) is 2.87. The monoisotopic (exact) mass is 322 g/mol. The number of benzene rings is 1. The van der Waals surface area contributed by atoms with Gasteiger partial charge in [0.1, 0.15) is 22.3 Å². The molecule has 0 aliphatic heterocycles. The van der Waals surface area contributed by atoms with Crippen LogP contribution in [0.25, 0.3) is 11.0 Å². The summed E-state index contributed by atoms with van der Waals surface area (Å²) in [6, 6.07) is 5.58. The number of halogens is 1. The molecule has 1 aromatic carbocycles. The molecule has 0 unspecified atom stereocenters. The van der Waals surface area contributed by atoms with Crippen LogP contribution in [0.1, 0.15) is 5.56 Å². The number of imidazole rings is 1. The molecule has 8 heteroatoms. The van der Waals surface area contributed by atoms with E-state index in [-0.39, 0.29) is 11.8 Å². The van der Waals surface area contributed by atoms with Crippen LogP contribution in [-0.4, -0.2) is 32.2 Å². The number of nitrogens with one attached hydrogen (secondary N) is 1. The summed E-state index contributed by atoms with van der Waals surface area (Å²) in [7, 11) is 1.61. The van der Waals surface area contributed by atoms with E-state index in [0.717, 1.165) is 16.8 Å². The first kappa shape index (κ1) is 14.1. The molecule has 21 heavy (non-hydrogen) atoms. The Morgan fingerprint density at radius 3 is 3.00 bits per heavy atom. The zero-order valence-corrected chi connectivity index (χ0v) is 12.6. The zero-order valence-electron chi connectivity index (χ0n) is 11.0. The van der Waals surface area contributed by atoms with Crippen LogP contribution in [0.15, 0.2) is 34.7 Å². The molecule has 3 aromatic rings. The summed E-state index contributed by atoms with van der Waals surface area (Å²) < 4.78 is 5.18. The van der Waals surface area contributed by atoms with Gasteiger partial charge in [0, 0.05) is 11.6 Å². The van der Waals surface area contributed by atoms with E-state index in [2.05, 4.69) is 19.9 Å². The standard InChI is InChI=1S/C13H11ClN4O2S/c1-20-7-2-3-9-10(4-7)18-13(17-9)21-12-8(5-19)11(14)15-6-16-12/h2-4,6,19H,5H2,1H3,(H,17,18). The molecule has 0 aliphatic rings. The summed E-state index contributed by atoms with van der Waals surface area (Å²) >= 11 is 7.23. The van der Waals surface area contributed by atoms with Crippen molar-refractivity contribution in [2.75, 3.05) is 7.11 Å². The van der Waals surface area contributed by atoms with E-state index >= 15 is 0 Å². The fourth-order valence-corrected chi connectivity index (χ4v) is 2.95. The summed E-state index contributed by atoms with van der Waals surface area (Å²) in [5.41, 5.74) is 2.17. The van der Waals surface area contributed by atoms with Gasteiger partial charge in [-0.15, -0.1) is 0 Å². The first-order chi connectivity index (χ1) is 10.2. The zero-order chi connectivity index (χ0) is 14.8. The first-order valence-electron chi connectivity index (χ1n) is 6.03. The number of ether oxygens (including phenoxy) is 1. The number of aliphatic hydroxyl groups excluding tert-OH is 1. The third-order valence-corrected chi connectivity index (χ3v) is 4.13. The second-order valence-electron chi connectivity index (χ2n) is 4.13. The fourth-order valence-electron chi connectivity index (χ4n) is 1.83. The second kappa shape index (κ2) is 5.88. The van der Waals surface area contributed by atoms with Crippen molar-refractivity contribution in [2.24, 2.45) is 0 Å². The molecular weight excluding hydrogens is 312 g/mol. The van der Waals surface area contributed by atoms with Gasteiger partial charge in [-0.05, 0) is 23.9 Å². The van der Waals surface area contributed by atoms with Gasteiger partial charge in [0.05, 0.1) is 24.8 Å². The lowest BCUT2D eigenvalue weighted by Crippen LogP contribution is -1.95. The Hall–Kier alpha value is -1.83. The number of aromatic amines is 1. The van der Waals surface area contributed by atoms with E-state index in [0.29, 0.717) is 15.7 Å². The number of rotatable bonds is 4. The molecule has 0 fully saturated rings. The summed E-state index contributed by atoms with van der Waals surface area (Å²) in [4.78, 5) is 15.6. The van der Waals surface area contributed by atoms with Crippen molar-refractivity contribution in [3.63, 3.8) is 0 Å². The Labute approximate surface area is 129 Å². The highest BCUT2D eigenvalue weighted by molar-refractivity contribution is 7.99. The molecule has 0 aliphatic carbocycles. The molecule has 0 spiro atoms. The van der Waals surface area contributed by atoms with Crippen LogP contribution in [0.3, 0.4) is 0 Å².